The van der Waals surface area contributed by atoms with Gasteiger partial charge in [0.05, 0.1) is 28.2 Å². The standard InChI is InChI=1S/C37H32O12/c1-2-25-26-18-19-43-35(42)27(26)20-45-36(25)49-37-31(48-34(41)24-16-10-5-11-17-24)30(47-33(40)23-14-8-4-9-15-23)29(38)28(46-37)21-44-32(39)22-12-6-3-7-13-22/h2-18,20,25,28-31,36-38H,1,19,21H2/t25-,28-,29-,30+,31-,36+,37+/m1/s1. The highest BCUT2D eigenvalue weighted by molar-refractivity contribution is 5.95. The predicted octanol–water partition coefficient (Wildman–Crippen LogP) is 3.92. The van der Waals surface area contributed by atoms with Gasteiger partial charge in [0.2, 0.25) is 12.6 Å². The molecule has 1 N–H and O–H groups in total. The van der Waals surface area contributed by atoms with Crippen LogP contribution in [0.5, 0.6) is 0 Å². The summed E-state index contributed by atoms with van der Waals surface area (Å²) >= 11 is 0. The van der Waals surface area contributed by atoms with E-state index < -0.39 is 73.4 Å². The van der Waals surface area contributed by atoms with Crippen LogP contribution >= 0.6 is 0 Å². The van der Waals surface area contributed by atoms with Crippen LogP contribution in [0.25, 0.3) is 0 Å². The van der Waals surface area contributed by atoms with Crippen molar-refractivity contribution in [3.05, 3.63) is 144 Å². The fourth-order valence-electron chi connectivity index (χ4n) is 5.54. The monoisotopic (exact) mass is 668 g/mol. The van der Waals surface area contributed by atoms with E-state index in [4.69, 9.17) is 33.2 Å². The summed E-state index contributed by atoms with van der Waals surface area (Å²) in [6.07, 6.45) is -4.52. The van der Waals surface area contributed by atoms with Gasteiger partial charge in [0, 0.05) is 0 Å². The average molecular weight is 669 g/mol. The van der Waals surface area contributed by atoms with E-state index in [1.807, 2.05) is 0 Å². The highest BCUT2D eigenvalue weighted by atomic mass is 16.8. The molecule has 0 bridgehead atoms. The number of ether oxygens (including phenoxy) is 7. The van der Waals surface area contributed by atoms with Crippen molar-refractivity contribution in [2.75, 3.05) is 13.2 Å². The van der Waals surface area contributed by atoms with Crippen molar-refractivity contribution in [3.63, 3.8) is 0 Å². The zero-order valence-electron chi connectivity index (χ0n) is 26.0. The van der Waals surface area contributed by atoms with Crippen LogP contribution in [-0.4, -0.2) is 79.2 Å². The lowest BCUT2D eigenvalue weighted by molar-refractivity contribution is -0.334. The molecule has 6 rings (SSSR count). The second-order valence-electron chi connectivity index (χ2n) is 11.2. The number of benzene rings is 3. The van der Waals surface area contributed by atoms with Gasteiger partial charge in [0.25, 0.3) is 0 Å². The summed E-state index contributed by atoms with van der Waals surface area (Å²) in [5.41, 5.74) is 1.31. The fraction of sp³-hybridized carbons (Fsp3) is 0.243. The third-order valence-corrected chi connectivity index (χ3v) is 8.06. The quantitative estimate of drug-likeness (QED) is 0.189. The molecule has 0 spiro atoms. The summed E-state index contributed by atoms with van der Waals surface area (Å²) in [7, 11) is 0. The summed E-state index contributed by atoms with van der Waals surface area (Å²) < 4.78 is 40.5. The Balaban J connectivity index is 1.33. The van der Waals surface area contributed by atoms with Crippen molar-refractivity contribution in [3.8, 4) is 0 Å². The summed E-state index contributed by atoms with van der Waals surface area (Å²) in [6, 6.07) is 24.2. The normalized spacial score (nSPS) is 26.0. The minimum Gasteiger partial charge on any atom is -0.471 e. The fourth-order valence-corrected chi connectivity index (χ4v) is 5.54. The number of rotatable bonds is 10. The zero-order valence-corrected chi connectivity index (χ0v) is 26.0. The van der Waals surface area contributed by atoms with E-state index in [0.29, 0.717) is 5.57 Å². The summed E-state index contributed by atoms with van der Waals surface area (Å²) in [6.45, 7) is 3.40. The molecule has 3 aliphatic heterocycles. The van der Waals surface area contributed by atoms with Crippen LogP contribution < -0.4 is 0 Å². The van der Waals surface area contributed by atoms with Crippen LogP contribution in [0.4, 0.5) is 0 Å². The number of hydrogen-bond donors (Lipinski definition) is 1. The van der Waals surface area contributed by atoms with Crippen molar-refractivity contribution in [1.29, 1.82) is 0 Å². The number of fused-ring (bicyclic) bond motifs is 1. The minimum absolute atomic E-state index is 0.0262. The topological polar surface area (TPSA) is 153 Å². The molecule has 12 nitrogen and oxygen atoms in total. The van der Waals surface area contributed by atoms with Crippen LogP contribution in [0.2, 0.25) is 0 Å². The molecule has 3 heterocycles. The molecule has 0 unspecified atom stereocenters. The van der Waals surface area contributed by atoms with Gasteiger partial charge in [-0.25, -0.2) is 19.2 Å². The lowest BCUT2D eigenvalue weighted by atomic mass is 9.89. The summed E-state index contributed by atoms with van der Waals surface area (Å²) in [4.78, 5) is 52.0. The summed E-state index contributed by atoms with van der Waals surface area (Å²) in [5.74, 6) is -3.64. The van der Waals surface area contributed by atoms with Gasteiger partial charge in [-0.05, 0) is 48.0 Å². The Hall–Kier alpha value is -5.56. The summed E-state index contributed by atoms with van der Waals surface area (Å²) in [5, 5.41) is 11.6. The average Bonchev–Trinajstić information content (AvgIpc) is 3.14. The smallest absolute Gasteiger partial charge is 0.341 e. The first-order valence-corrected chi connectivity index (χ1v) is 15.4. The minimum atomic E-state index is -1.67. The molecular formula is C37H32O12. The molecule has 3 aliphatic rings. The van der Waals surface area contributed by atoms with Crippen molar-refractivity contribution in [2.24, 2.45) is 5.92 Å². The van der Waals surface area contributed by atoms with Gasteiger partial charge in [0.15, 0.2) is 12.2 Å². The van der Waals surface area contributed by atoms with Crippen molar-refractivity contribution < 1.29 is 57.4 Å². The second kappa shape index (κ2) is 15.1. The van der Waals surface area contributed by atoms with E-state index in [2.05, 4.69) is 6.58 Å². The molecule has 12 heteroatoms. The molecule has 0 radical (unpaired) electrons. The molecule has 1 fully saturated rings. The molecule has 7 atom stereocenters. The predicted molar refractivity (Wildman–Crippen MR) is 169 cm³/mol. The lowest BCUT2D eigenvalue weighted by Gasteiger charge is -2.44. The van der Waals surface area contributed by atoms with Gasteiger partial charge in [-0.1, -0.05) is 60.7 Å². The van der Waals surface area contributed by atoms with Crippen molar-refractivity contribution >= 4 is 23.9 Å². The van der Waals surface area contributed by atoms with Crippen molar-refractivity contribution in [1.82, 2.24) is 0 Å². The number of hydrogen-bond acceptors (Lipinski definition) is 12. The first kappa shape index (κ1) is 33.3. The van der Waals surface area contributed by atoms with Crippen LogP contribution in [-0.2, 0) is 38.0 Å². The van der Waals surface area contributed by atoms with Crippen LogP contribution in [0, 0.1) is 5.92 Å². The van der Waals surface area contributed by atoms with Crippen LogP contribution in [0.15, 0.2) is 127 Å². The third kappa shape index (κ3) is 7.46. The molecule has 0 saturated carbocycles. The molecule has 252 valence electrons. The Kier molecular flexibility index (Phi) is 10.3. The van der Waals surface area contributed by atoms with E-state index in [1.54, 1.807) is 72.8 Å². The Bertz CT molecular complexity index is 1740. The molecule has 0 amide bonds. The molecule has 0 aromatic heterocycles. The highest BCUT2D eigenvalue weighted by Crippen LogP contribution is 2.37. The Morgan fingerprint density at radius 3 is 1.92 bits per heavy atom. The van der Waals surface area contributed by atoms with Crippen molar-refractivity contribution in [2.45, 2.75) is 37.0 Å². The number of cyclic esters (lactones) is 1. The molecule has 3 aromatic carbocycles. The number of carbonyl (C=O) groups excluding carboxylic acids is 4. The van der Waals surface area contributed by atoms with Gasteiger partial charge < -0.3 is 38.3 Å². The van der Waals surface area contributed by atoms with E-state index in [9.17, 15) is 24.3 Å². The zero-order chi connectivity index (χ0) is 34.3. The maximum Gasteiger partial charge on any atom is 0.341 e. The number of aliphatic hydroxyl groups is 1. The van der Waals surface area contributed by atoms with Gasteiger partial charge in [-0.2, -0.15) is 0 Å². The highest BCUT2D eigenvalue weighted by Gasteiger charge is 2.53. The maximum atomic E-state index is 13.4. The number of aliphatic hydroxyl groups excluding tert-OH is 1. The second-order valence-corrected chi connectivity index (χ2v) is 11.2. The Labute approximate surface area is 281 Å². The van der Waals surface area contributed by atoms with E-state index in [1.165, 1.54) is 36.6 Å². The van der Waals surface area contributed by atoms with Gasteiger partial charge in [-0.15, -0.1) is 6.58 Å². The number of esters is 4. The lowest BCUT2D eigenvalue weighted by Crippen LogP contribution is -2.62. The molecule has 3 aromatic rings. The van der Waals surface area contributed by atoms with Crippen LogP contribution in [0.3, 0.4) is 0 Å². The van der Waals surface area contributed by atoms with Gasteiger partial charge in [-0.3, -0.25) is 0 Å². The Morgan fingerprint density at radius 2 is 1.35 bits per heavy atom. The molecule has 49 heavy (non-hydrogen) atoms. The maximum absolute atomic E-state index is 13.4. The molecule has 0 aliphatic carbocycles. The SMILES string of the molecule is C=C[C@@H]1C2=CCOC(=O)C2=CO[C@H]1O[C@@H]1O[C@H](COC(=O)c2ccccc2)[C@@H](O)[C@H](OC(=O)c2ccccc2)[C@H]1OC(=O)c1ccccc1. The Morgan fingerprint density at radius 1 is 0.796 bits per heavy atom. The van der Waals surface area contributed by atoms with Gasteiger partial charge >= 0.3 is 23.9 Å². The third-order valence-electron chi connectivity index (χ3n) is 8.06. The van der Waals surface area contributed by atoms with E-state index in [0.717, 1.165) is 0 Å². The van der Waals surface area contributed by atoms with Crippen LogP contribution in [0.1, 0.15) is 31.1 Å². The molecule has 1 saturated heterocycles. The number of carbonyl (C=O) groups is 4. The van der Waals surface area contributed by atoms with E-state index in [-0.39, 0.29) is 28.9 Å². The first-order chi connectivity index (χ1) is 23.8. The first-order valence-electron chi connectivity index (χ1n) is 15.4. The van der Waals surface area contributed by atoms with E-state index >= 15 is 0 Å². The largest absolute Gasteiger partial charge is 0.471 e. The molecular weight excluding hydrogens is 636 g/mol. The van der Waals surface area contributed by atoms with Gasteiger partial charge in [0.1, 0.15) is 31.7 Å².